The number of nitrogens with zero attached hydrogens (tertiary/aromatic N) is 3. The smallest absolute Gasteiger partial charge is 0.160 e. The minimum Gasteiger partial charge on any atom is -0.455 e. The maximum atomic E-state index is 7.00. The SMILES string of the molecule is CCC(C1=C=CC(c2ccccc2)=NC(c2ccccc2)=N1)c1ccc(-c2ccc3oc4c(-c5ccccc5)ccc(-c5ccc6c(c5)c5ccccc5n6-c5ccccc5)c4c3c2)cc1-c1ccccc1C. The molecule has 73 heavy (non-hydrogen) atoms. The number of aromatic nitrogens is 1. The zero-order chi connectivity index (χ0) is 48.8. The van der Waals surface area contributed by atoms with E-state index < -0.39 is 0 Å². The van der Waals surface area contributed by atoms with E-state index in [0.717, 1.165) is 90.0 Å². The summed E-state index contributed by atoms with van der Waals surface area (Å²) in [5, 5.41) is 4.60. The van der Waals surface area contributed by atoms with Gasteiger partial charge in [-0.1, -0.05) is 195 Å². The molecular formula is C69H49N3O. The largest absolute Gasteiger partial charge is 0.455 e. The van der Waals surface area contributed by atoms with Crippen molar-refractivity contribution in [1.29, 1.82) is 0 Å². The molecule has 1 aliphatic heterocycles. The van der Waals surface area contributed by atoms with Gasteiger partial charge in [-0.2, -0.15) is 0 Å². The summed E-state index contributed by atoms with van der Waals surface area (Å²) in [6, 6.07) is 84.4. The molecule has 1 aliphatic rings. The minimum atomic E-state index is -0.0673. The molecule has 2 aromatic heterocycles. The Bertz CT molecular complexity index is 4210. The fourth-order valence-electron chi connectivity index (χ4n) is 11.0. The quantitative estimate of drug-likeness (QED) is 0.126. The minimum absolute atomic E-state index is 0.0673. The number of hydrogen-bond acceptors (Lipinski definition) is 3. The third-order valence-corrected chi connectivity index (χ3v) is 14.5. The molecule has 0 bridgehead atoms. The van der Waals surface area contributed by atoms with Gasteiger partial charge < -0.3 is 8.98 Å². The molecule has 12 aromatic rings. The number of fused-ring (bicyclic) bond motifs is 6. The van der Waals surface area contributed by atoms with Gasteiger partial charge >= 0.3 is 0 Å². The van der Waals surface area contributed by atoms with Gasteiger partial charge in [0.25, 0.3) is 0 Å². The van der Waals surface area contributed by atoms with Crippen molar-refractivity contribution in [1.82, 2.24) is 4.57 Å². The van der Waals surface area contributed by atoms with Crippen LogP contribution in [0.1, 0.15) is 41.5 Å². The third-order valence-electron chi connectivity index (χ3n) is 14.5. The number of benzene rings is 10. The molecule has 1 unspecified atom stereocenters. The average Bonchev–Trinajstić information content (AvgIpc) is 3.91. The van der Waals surface area contributed by atoms with E-state index in [1.807, 2.05) is 42.5 Å². The van der Waals surface area contributed by atoms with Crippen molar-refractivity contribution in [3.05, 3.63) is 276 Å². The highest BCUT2D eigenvalue weighted by atomic mass is 16.3. The van der Waals surface area contributed by atoms with Crippen molar-refractivity contribution in [2.45, 2.75) is 26.2 Å². The summed E-state index contributed by atoms with van der Waals surface area (Å²) in [6.45, 7) is 4.45. The Labute approximate surface area is 424 Å². The maximum absolute atomic E-state index is 7.00. The second-order valence-corrected chi connectivity index (χ2v) is 18.9. The highest BCUT2D eigenvalue weighted by Gasteiger charge is 2.24. The first-order chi connectivity index (χ1) is 36.1. The van der Waals surface area contributed by atoms with Crippen molar-refractivity contribution >= 4 is 55.3 Å². The van der Waals surface area contributed by atoms with E-state index >= 15 is 0 Å². The van der Waals surface area contributed by atoms with Gasteiger partial charge in [-0.3, -0.25) is 0 Å². The Balaban J connectivity index is 0.984. The van der Waals surface area contributed by atoms with Gasteiger partial charge in [0.05, 0.1) is 22.4 Å². The topological polar surface area (TPSA) is 42.8 Å². The normalized spacial score (nSPS) is 13.0. The highest BCUT2D eigenvalue weighted by Crippen LogP contribution is 2.46. The van der Waals surface area contributed by atoms with Crippen LogP contribution in [0.3, 0.4) is 0 Å². The van der Waals surface area contributed by atoms with Gasteiger partial charge in [0.15, 0.2) is 5.84 Å². The lowest BCUT2D eigenvalue weighted by Crippen LogP contribution is -2.06. The van der Waals surface area contributed by atoms with E-state index in [-0.39, 0.29) is 5.92 Å². The number of aliphatic imine (C=N–C) groups is 2. The molecule has 0 radical (unpaired) electrons. The van der Waals surface area contributed by atoms with E-state index in [9.17, 15) is 0 Å². The lowest BCUT2D eigenvalue weighted by molar-refractivity contribution is 0.670. The molecule has 13 rings (SSSR count). The molecule has 0 aliphatic carbocycles. The second kappa shape index (κ2) is 18.4. The Morgan fingerprint density at radius 2 is 1.08 bits per heavy atom. The highest BCUT2D eigenvalue weighted by molar-refractivity contribution is 6.19. The van der Waals surface area contributed by atoms with E-state index in [4.69, 9.17) is 14.4 Å². The number of para-hydroxylation sites is 2. The fourth-order valence-corrected chi connectivity index (χ4v) is 11.0. The van der Waals surface area contributed by atoms with Crippen LogP contribution in [0.25, 0.3) is 93.9 Å². The summed E-state index contributed by atoms with van der Waals surface area (Å²) >= 11 is 0. The predicted molar refractivity (Wildman–Crippen MR) is 305 cm³/mol. The van der Waals surface area contributed by atoms with Crippen molar-refractivity contribution in [2.24, 2.45) is 9.98 Å². The zero-order valence-corrected chi connectivity index (χ0v) is 40.6. The van der Waals surface area contributed by atoms with E-state index in [2.05, 4.69) is 224 Å². The summed E-state index contributed by atoms with van der Waals surface area (Å²) in [5.74, 6) is 0.611. The molecule has 10 aromatic carbocycles. The van der Waals surface area contributed by atoms with Crippen LogP contribution in [0.2, 0.25) is 0 Å². The zero-order valence-electron chi connectivity index (χ0n) is 40.6. The van der Waals surface area contributed by atoms with Crippen LogP contribution >= 0.6 is 0 Å². The van der Waals surface area contributed by atoms with Crippen LogP contribution in [-0.4, -0.2) is 16.1 Å². The summed E-state index contributed by atoms with van der Waals surface area (Å²) in [6.07, 6.45) is 2.83. The Hall–Kier alpha value is -9.34. The van der Waals surface area contributed by atoms with Crippen molar-refractivity contribution in [2.75, 3.05) is 0 Å². The molecule has 0 saturated carbocycles. The van der Waals surface area contributed by atoms with Crippen LogP contribution in [0, 0.1) is 6.92 Å². The number of aryl methyl sites for hydroxylation is 1. The summed E-state index contributed by atoms with van der Waals surface area (Å²) in [7, 11) is 0. The summed E-state index contributed by atoms with van der Waals surface area (Å²) < 4.78 is 9.37. The van der Waals surface area contributed by atoms with E-state index in [0.29, 0.717) is 5.84 Å². The van der Waals surface area contributed by atoms with Crippen LogP contribution in [-0.2, 0) is 0 Å². The number of amidine groups is 1. The lowest BCUT2D eigenvalue weighted by atomic mass is 9.84. The van der Waals surface area contributed by atoms with Crippen LogP contribution in [0.15, 0.2) is 268 Å². The molecule has 0 saturated heterocycles. The Morgan fingerprint density at radius 3 is 1.85 bits per heavy atom. The maximum Gasteiger partial charge on any atom is 0.160 e. The molecule has 0 spiro atoms. The van der Waals surface area contributed by atoms with Gasteiger partial charge in [0, 0.05) is 55.9 Å². The number of furan rings is 1. The summed E-state index contributed by atoms with van der Waals surface area (Å²) in [5.41, 5.74) is 24.0. The predicted octanol–water partition coefficient (Wildman–Crippen LogP) is 18.1. The average molecular weight is 936 g/mol. The molecule has 3 heterocycles. The van der Waals surface area contributed by atoms with E-state index in [1.54, 1.807) is 0 Å². The van der Waals surface area contributed by atoms with Gasteiger partial charge in [0.1, 0.15) is 11.2 Å². The second-order valence-electron chi connectivity index (χ2n) is 18.9. The standard InChI is InChI=1S/C69H49N3O/c1-3-53(63-39-38-62(47-23-10-5-11-24-47)70-69(71-63)48-25-12-6-13-26-48)57-35-32-49(42-59(57)54-29-17-16-20-45(54)2)50-34-41-66-61(43-50)67-55(36-37-56(68(67)73-66)46-21-8-4-9-22-46)51-33-40-65-60(44-51)58-30-18-19-31-64(58)72(65)52-27-14-7-15-28-52/h4-38,40-44,53H,3H2,1-2H3. The first-order valence-corrected chi connectivity index (χ1v) is 25.2. The molecule has 4 nitrogen and oxygen atoms in total. The van der Waals surface area contributed by atoms with Crippen LogP contribution in [0.5, 0.6) is 0 Å². The molecule has 0 N–H and O–H groups in total. The monoisotopic (exact) mass is 935 g/mol. The number of allylic oxidation sites excluding steroid dienone is 1. The molecule has 4 heteroatoms. The Kier molecular flexibility index (Phi) is 11.0. The van der Waals surface area contributed by atoms with Gasteiger partial charge in [-0.25, -0.2) is 9.98 Å². The molecule has 1 atom stereocenters. The van der Waals surface area contributed by atoms with Gasteiger partial charge in [-0.05, 0) is 118 Å². The van der Waals surface area contributed by atoms with Gasteiger partial charge in [0.2, 0.25) is 0 Å². The van der Waals surface area contributed by atoms with Crippen LogP contribution < -0.4 is 0 Å². The summed E-state index contributed by atoms with van der Waals surface area (Å²) in [4.78, 5) is 10.5. The molecule has 0 amide bonds. The Morgan fingerprint density at radius 1 is 0.466 bits per heavy atom. The molecular weight excluding hydrogens is 887 g/mol. The number of hydrogen-bond donors (Lipinski definition) is 0. The molecule has 346 valence electrons. The lowest BCUT2D eigenvalue weighted by Gasteiger charge is -2.21. The van der Waals surface area contributed by atoms with Crippen LogP contribution in [0.4, 0.5) is 0 Å². The van der Waals surface area contributed by atoms with E-state index in [1.165, 1.54) is 44.1 Å². The fraction of sp³-hybridized carbons (Fsp3) is 0.0580. The first kappa shape index (κ1) is 43.7. The van der Waals surface area contributed by atoms with Gasteiger partial charge in [-0.15, -0.1) is 0 Å². The first-order valence-electron chi connectivity index (χ1n) is 25.2. The number of rotatable bonds is 10. The van der Waals surface area contributed by atoms with Crippen molar-refractivity contribution in [3.8, 4) is 50.2 Å². The van der Waals surface area contributed by atoms with Crippen molar-refractivity contribution in [3.63, 3.8) is 0 Å². The van der Waals surface area contributed by atoms with Crippen molar-refractivity contribution < 1.29 is 4.42 Å². The molecule has 0 fully saturated rings. The third kappa shape index (κ3) is 7.82.